The first-order chi connectivity index (χ1) is 22.4. The molecule has 0 amide bonds. The summed E-state index contributed by atoms with van der Waals surface area (Å²) in [6, 6.07) is 10.7. The van der Waals surface area contributed by atoms with E-state index in [9.17, 15) is 9.59 Å². The van der Waals surface area contributed by atoms with E-state index in [1.807, 2.05) is 81.3 Å². The van der Waals surface area contributed by atoms with E-state index in [1.54, 1.807) is 20.8 Å². The molecule has 2 atom stereocenters. The fraction of sp³-hybridized carbons (Fsp3) is 0.419. The highest BCUT2D eigenvalue weighted by molar-refractivity contribution is 7.80. The van der Waals surface area contributed by atoms with Crippen LogP contribution in [0.2, 0.25) is 0 Å². The molecule has 0 aliphatic heterocycles. The number of thiocarbonyl (C=S) groups is 2. The van der Waals surface area contributed by atoms with Crippen LogP contribution in [0.1, 0.15) is 34.1 Å². The quantitative estimate of drug-likeness (QED) is 0.127. The molecule has 14 nitrogen and oxygen atoms in total. The predicted octanol–water partition coefficient (Wildman–Crippen LogP) is 4.65. The highest BCUT2D eigenvalue weighted by Crippen LogP contribution is 2.33. The topological polar surface area (TPSA) is 159 Å². The first-order valence-corrected chi connectivity index (χ1v) is 15.8. The lowest BCUT2D eigenvalue weighted by Gasteiger charge is -2.16. The third-order valence-corrected chi connectivity index (χ3v) is 6.96. The fourth-order valence-corrected chi connectivity index (χ4v) is 4.99. The van der Waals surface area contributed by atoms with Crippen molar-refractivity contribution in [3.05, 3.63) is 36.4 Å². The Hall–Kier alpha value is -4.70. The third-order valence-electron chi connectivity index (χ3n) is 6.52. The minimum Gasteiger partial charge on any atom is -0.466 e. The molecule has 0 aliphatic rings. The first-order valence-electron chi connectivity index (χ1n) is 14.9. The molecule has 0 aliphatic carbocycles. The van der Waals surface area contributed by atoms with Gasteiger partial charge in [-0.15, -0.1) is 0 Å². The Morgan fingerprint density at radius 1 is 0.787 bits per heavy atom. The number of ether oxygens (including phenoxy) is 2. The summed E-state index contributed by atoms with van der Waals surface area (Å²) in [6.07, 6.45) is 0.234. The van der Waals surface area contributed by atoms with Crippen molar-refractivity contribution in [3.63, 3.8) is 0 Å². The largest absolute Gasteiger partial charge is 0.466 e. The van der Waals surface area contributed by atoms with Gasteiger partial charge in [-0.2, -0.15) is 0 Å². The van der Waals surface area contributed by atoms with Crippen molar-refractivity contribution in [3.8, 4) is 0 Å². The lowest BCUT2D eigenvalue weighted by atomic mass is 10.2. The second-order valence-electron chi connectivity index (χ2n) is 10.7. The second-order valence-corrected chi connectivity index (χ2v) is 11.5. The molecule has 16 heteroatoms. The highest BCUT2D eigenvalue weighted by atomic mass is 32.1. The third kappa shape index (κ3) is 10.1. The molecule has 0 radical (unpaired) electrons. The lowest BCUT2D eigenvalue weighted by Crippen LogP contribution is -2.41. The van der Waals surface area contributed by atoms with E-state index >= 15 is 0 Å². The molecule has 0 bridgehead atoms. The maximum absolute atomic E-state index is 11.6. The molecule has 4 N–H and O–H groups in total. The summed E-state index contributed by atoms with van der Waals surface area (Å²) < 4.78 is 20.5. The standard InChI is InChI=1S/C16H22N4O3S.C15H20N4O3S/c1-5-22-13(21)9-10(2)17-16(24)18-15-14-11(20(3)4)7-6-8-12(14)23-19-15;1-5-21-14(20)9(2)16-15(23)17-13-12-10(19(3)4)7-6-8-11(12)22-18-13/h6-8,10H,5,9H2,1-4H3,(H2,17,18,19,24);6-9H,5H2,1-4H3,(H2,16,17,18,23). The van der Waals surface area contributed by atoms with Crippen LogP contribution in [0.15, 0.2) is 45.4 Å². The van der Waals surface area contributed by atoms with Gasteiger partial charge < -0.3 is 49.6 Å². The van der Waals surface area contributed by atoms with E-state index in [0.717, 1.165) is 22.1 Å². The van der Waals surface area contributed by atoms with Crippen LogP contribution in [0, 0.1) is 0 Å². The maximum Gasteiger partial charge on any atom is 0.328 e. The summed E-state index contributed by atoms with van der Waals surface area (Å²) in [5.41, 5.74) is 3.25. The molecule has 254 valence electrons. The molecule has 2 aromatic heterocycles. The molecule has 2 heterocycles. The number of nitrogens with one attached hydrogen (secondary N) is 4. The molecule has 0 spiro atoms. The van der Waals surface area contributed by atoms with Gasteiger partial charge in [-0.25, -0.2) is 4.79 Å². The minimum absolute atomic E-state index is 0.157. The van der Waals surface area contributed by atoms with Crippen LogP contribution >= 0.6 is 24.4 Å². The SMILES string of the molecule is CCOC(=O)C(C)NC(=S)Nc1noc2cccc(N(C)C)c12.CCOC(=O)CC(C)NC(=S)Nc1noc2cccc(N(C)C)c12. The van der Waals surface area contributed by atoms with Gasteiger partial charge in [0.25, 0.3) is 0 Å². The molecule has 0 saturated heterocycles. The summed E-state index contributed by atoms with van der Waals surface area (Å²) in [6.45, 7) is 7.76. The van der Waals surface area contributed by atoms with Crippen LogP contribution in [-0.2, 0) is 19.1 Å². The molecule has 2 aromatic carbocycles. The maximum atomic E-state index is 11.6. The Balaban J connectivity index is 0.000000256. The van der Waals surface area contributed by atoms with Crippen molar-refractivity contribution >= 4 is 91.5 Å². The van der Waals surface area contributed by atoms with Crippen LogP contribution in [0.3, 0.4) is 0 Å². The minimum atomic E-state index is -0.554. The van der Waals surface area contributed by atoms with E-state index in [4.69, 9.17) is 43.0 Å². The molecule has 2 unspecified atom stereocenters. The lowest BCUT2D eigenvalue weighted by molar-refractivity contribution is -0.145. The van der Waals surface area contributed by atoms with Crippen LogP contribution < -0.4 is 31.1 Å². The average molecular weight is 687 g/mol. The number of carbonyl (C=O) groups excluding carboxylic acids is 2. The zero-order chi connectivity index (χ0) is 34.7. The number of anilines is 4. The number of esters is 2. The predicted molar refractivity (Wildman–Crippen MR) is 192 cm³/mol. The van der Waals surface area contributed by atoms with E-state index < -0.39 is 6.04 Å². The zero-order valence-electron chi connectivity index (χ0n) is 27.8. The molecule has 0 fully saturated rings. The van der Waals surface area contributed by atoms with Crippen molar-refractivity contribution in [2.75, 3.05) is 61.8 Å². The summed E-state index contributed by atoms with van der Waals surface area (Å²) in [5.74, 6) is 0.408. The number of aromatic nitrogens is 2. The first kappa shape index (κ1) is 36.8. The van der Waals surface area contributed by atoms with Crippen molar-refractivity contribution in [2.45, 2.75) is 46.2 Å². The van der Waals surface area contributed by atoms with Crippen LogP contribution in [0.5, 0.6) is 0 Å². The number of carbonyl (C=O) groups is 2. The molecule has 47 heavy (non-hydrogen) atoms. The number of hydrogen-bond acceptors (Lipinski definition) is 12. The molecule has 4 aromatic rings. The number of nitrogens with zero attached hydrogens (tertiary/aromatic N) is 4. The van der Waals surface area contributed by atoms with E-state index in [0.29, 0.717) is 41.1 Å². The van der Waals surface area contributed by atoms with Gasteiger partial charge in [0.05, 0.1) is 41.8 Å². The Morgan fingerprint density at radius 2 is 1.26 bits per heavy atom. The van der Waals surface area contributed by atoms with Gasteiger partial charge in [0.15, 0.2) is 33.0 Å². The zero-order valence-corrected chi connectivity index (χ0v) is 29.4. The smallest absolute Gasteiger partial charge is 0.328 e. The van der Waals surface area contributed by atoms with Gasteiger partial charge >= 0.3 is 11.9 Å². The molecule has 0 saturated carbocycles. The summed E-state index contributed by atoms with van der Waals surface area (Å²) in [4.78, 5) is 27.0. The van der Waals surface area contributed by atoms with Gasteiger partial charge in [-0.05, 0) is 76.4 Å². The second kappa shape index (κ2) is 17.3. The Morgan fingerprint density at radius 3 is 1.70 bits per heavy atom. The Bertz CT molecular complexity index is 1690. The van der Waals surface area contributed by atoms with Crippen molar-refractivity contribution in [2.24, 2.45) is 0 Å². The average Bonchev–Trinajstić information content (AvgIpc) is 3.61. The van der Waals surface area contributed by atoms with Gasteiger partial charge in [-0.1, -0.05) is 22.4 Å². The Labute approximate surface area is 284 Å². The number of rotatable bonds is 11. The molecular weight excluding hydrogens is 645 g/mol. The highest BCUT2D eigenvalue weighted by Gasteiger charge is 2.19. The van der Waals surface area contributed by atoms with E-state index in [1.165, 1.54) is 0 Å². The number of fused-ring (bicyclic) bond motifs is 2. The van der Waals surface area contributed by atoms with Crippen molar-refractivity contribution < 1.29 is 28.1 Å². The monoisotopic (exact) mass is 686 g/mol. The van der Waals surface area contributed by atoms with Gasteiger partial charge in [0.1, 0.15) is 6.04 Å². The summed E-state index contributed by atoms with van der Waals surface area (Å²) >= 11 is 10.5. The molecular formula is C31H42N8O6S2. The normalized spacial score (nSPS) is 11.8. The van der Waals surface area contributed by atoms with E-state index in [-0.39, 0.29) is 29.5 Å². The number of benzene rings is 2. The van der Waals surface area contributed by atoms with Gasteiger partial charge in [-0.3, -0.25) is 4.79 Å². The van der Waals surface area contributed by atoms with Crippen LogP contribution in [0.25, 0.3) is 21.9 Å². The Kier molecular flexibility index (Phi) is 13.5. The van der Waals surface area contributed by atoms with Crippen LogP contribution in [-0.4, -0.2) is 86.0 Å². The van der Waals surface area contributed by atoms with Crippen molar-refractivity contribution in [1.82, 2.24) is 20.9 Å². The summed E-state index contributed by atoms with van der Waals surface area (Å²) in [7, 11) is 7.77. The number of hydrogen-bond donors (Lipinski definition) is 4. The van der Waals surface area contributed by atoms with Gasteiger partial charge in [0.2, 0.25) is 0 Å². The van der Waals surface area contributed by atoms with Crippen molar-refractivity contribution in [1.29, 1.82) is 0 Å². The summed E-state index contributed by atoms with van der Waals surface area (Å²) in [5, 5.41) is 22.3. The fourth-order valence-electron chi connectivity index (χ4n) is 4.42. The van der Waals surface area contributed by atoms with E-state index in [2.05, 4.69) is 31.6 Å². The van der Waals surface area contributed by atoms with Gasteiger partial charge in [0, 0.05) is 34.2 Å². The van der Waals surface area contributed by atoms with Crippen LogP contribution in [0.4, 0.5) is 23.0 Å². The molecule has 4 rings (SSSR count).